The summed E-state index contributed by atoms with van der Waals surface area (Å²) in [6.07, 6.45) is 0. The van der Waals surface area contributed by atoms with Crippen molar-refractivity contribution in [2.75, 3.05) is 39.1 Å². The molecule has 2 N–H and O–H groups in total. The predicted molar refractivity (Wildman–Crippen MR) is 73.4 cm³/mol. The van der Waals surface area contributed by atoms with Gasteiger partial charge >= 0.3 is 0 Å². The Morgan fingerprint density at radius 3 is 2.42 bits per heavy atom. The molecule has 0 saturated heterocycles. The monoisotopic (exact) mass is 266 g/mol. The highest BCUT2D eigenvalue weighted by Crippen LogP contribution is 2.24. The van der Waals surface area contributed by atoms with Gasteiger partial charge in [-0.15, -0.1) is 0 Å². The third kappa shape index (κ3) is 3.92. The third-order valence-electron chi connectivity index (χ3n) is 2.75. The Hall–Kier alpha value is -2.15. The highest BCUT2D eigenvalue weighted by Gasteiger charge is 2.17. The molecule has 0 aliphatic heterocycles. The number of carbonyl (C=O) groups excluding carboxylic acids is 1. The van der Waals surface area contributed by atoms with Crippen molar-refractivity contribution in [2.24, 2.45) is 5.73 Å². The smallest absolute Gasteiger partial charge is 0.270 e. The van der Waals surface area contributed by atoms with Crippen LogP contribution in [0.15, 0.2) is 18.2 Å². The van der Waals surface area contributed by atoms with Crippen LogP contribution in [-0.2, 0) is 0 Å². The maximum Gasteiger partial charge on any atom is 0.270 e. The maximum absolute atomic E-state index is 11.4. The first-order valence-corrected chi connectivity index (χ1v) is 5.77. The lowest BCUT2D eigenvalue weighted by atomic mass is 10.1. The molecular formula is C12H18N4O3. The van der Waals surface area contributed by atoms with Crippen LogP contribution in [0, 0.1) is 10.1 Å². The number of hydrogen-bond donors (Lipinski definition) is 1. The molecule has 19 heavy (non-hydrogen) atoms. The summed E-state index contributed by atoms with van der Waals surface area (Å²) >= 11 is 0. The van der Waals surface area contributed by atoms with Crippen LogP contribution in [0.5, 0.6) is 0 Å². The Bertz CT molecular complexity index is 488. The number of primary amides is 1. The molecule has 0 aromatic heterocycles. The van der Waals surface area contributed by atoms with E-state index >= 15 is 0 Å². The molecule has 0 atom stereocenters. The molecule has 0 aliphatic rings. The van der Waals surface area contributed by atoms with E-state index in [2.05, 4.69) is 0 Å². The second kappa shape index (κ2) is 6.14. The number of carbonyl (C=O) groups is 1. The molecule has 1 amide bonds. The minimum absolute atomic E-state index is 0.140. The number of nitro groups is 1. The number of hydrogen-bond acceptors (Lipinski definition) is 5. The van der Waals surface area contributed by atoms with Crippen molar-refractivity contribution < 1.29 is 9.72 Å². The molecule has 7 heteroatoms. The maximum atomic E-state index is 11.4. The van der Waals surface area contributed by atoms with Gasteiger partial charge < -0.3 is 15.5 Å². The van der Waals surface area contributed by atoms with Crippen LogP contribution in [0.25, 0.3) is 0 Å². The fourth-order valence-electron chi connectivity index (χ4n) is 1.64. The van der Waals surface area contributed by atoms with E-state index in [-0.39, 0.29) is 11.3 Å². The van der Waals surface area contributed by atoms with E-state index in [4.69, 9.17) is 5.73 Å². The van der Waals surface area contributed by atoms with Gasteiger partial charge in [0, 0.05) is 38.0 Å². The van der Waals surface area contributed by atoms with E-state index < -0.39 is 10.8 Å². The van der Waals surface area contributed by atoms with Crippen molar-refractivity contribution >= 4 is 17.3 Å². The minimum Gasteiger partial charge on any atom is -0.373 e. The molecule has 1 rings (SSSR count). The number of likely N-dealkylation sites (N-methyl/N-ethyl adjacent to an activating group) is 2. The van der Waals surface area contributed by atoms with Gasteiger partial charge in [-0.3, -0.25) is 14.9 Å². The molecule has 0 bridgehead atoms. The summed E-state index contributed by atoms with van der Waals surface area (Å²) in [4.78, 5) is 25.4. The second-order valence-corrected chi connectivity index (χ2v) is 4.55. The highest BCUT2D eigenvalue weighted by atomic mass is 16.6. The van der Waals surface area contributed by atoms with E-state index in [0.29, 0.717) is 12.2 Å². The third-order valence-corrected chi connectivity index (χ3v) is 2.75. The first kappa shape index (κ1) is 14.9. The van der Waals surface area contributed by atoms with Crippen molar-refractivity contribution in [3.8, 4) is 0 Å². The molecule has 0 saturated carbocycles. The van der Waals surface area contributed by atoms with E-state index in [9.17, 15) is 14.9 Å². The Balaban J connectivity index is 3.06. The fourth-order valence-corrected chi connectivity index (χ4v) is 1.64. The Morgan fingerprint density at radius 1 is 1.32 bits per heavy atom. The number of rotatable bonds is 6. The van der Waals surface area contributed by atoms with E-state index in [0.717, 1.165) is 6.54 Å². The van der Waals surface area contributed by atoms with Gasteiger partial charge in [0.05, 0.1) is 10.5 Å². The number of anilines is 1. The minimum atomic E-state index is -0.671. The van der Waals surface area contributed by atoms with E-state index in [1.807, 2.05) is 30.9 Å². The average Bonchev–Trinajstić information content (AvgIpc) is 2.34. The largest absolute Gasteiger partial charge is 0.373 e. The van der Waals surface area contributed by atoms with Gasteiger partial charge in [-0.25, -0.2) is 0 Å². The molecule has 0 fully saturated rings. The first-order chi connectivity index (χ1) is 8.82. The Morgan fingerprint density at radius 2 is 1.95 bits per heavy atom. The van der Waals surface area contributed by atoms with Crippen molar-refractivity contribution in [2.45, 2.75) is 0 Å². The van der Waals surface area contributed by atoms with Crippen molar-refractivity contribution in [3.63, 3.8) is 0 Å². The molecule has 0 spiro atoms. The number of non-ortho nitro benzene ring substituents is 1. The normalized spacial score (nSPS) is 10.5. The Labute approximate surface area is 111 Å². The van der Waals surface area contributed by atoms with Crippen molar-refractivity contribution in [1.82, 2.24) is 4.90 Å². The van der Waals surface area contributed by atoms with E-state index in [1.165, 1.54) is 12.1 Å². The molecule has 0 unspecified atom stereocenters. The SMILES string of the molecule is CN(C)CCN(C)c1ccc([N+](=O)[O-])cc1C(N)=O. The fraction of sp³-hybridized carbons (Fsp3) is 0.417. The van der Waals surface area contributed by atoms with Crippen LogP contribution in [0.1, 0.15) is 10.4 Å². The first-order valence-electron chi connectivity index (χ1n) is 5.77. The molecule has 1 aromatic carbocycles. The van der Waals surface area contributed by atoms with Gasteiger partial charge in [-0.1, -0.05) is 0 Å². The molecule has 0 aliphatic carbocycles. The standard InChI is InChI=1S/C12H18N4O3/c1-14(2)6-7-15(3)11-5-4-9(16(18)19)8-10(11)12(13)17/h4-5,8H,6-7H2,1-3H3,(H2,13,17). The number of amides is 1. The zero-order valence-electron chi connectivity index (χ0n) is 11.3. The van der Waals surface area contributed by atoms with Gasteiger partial charge in [-0.2, -0.15) is 0 Å². The number of nitrogens with two attached hydrogens (primary N) is 1. The summed E-state index contributed by atoms with van der Waals surface area (Å²) in [5.74, 6) is -0.671. The van der Waals surface area contributed by atoms with Gasteiger partial charge in [0.25, 0.3) is 11.6 Å². The lowest BCUT2D eigenvalue weighted by molar-refractivity contribution is -0.384. The molecular weight excluding hydrogens is 248 g/mol. The predicted octanol–water partition coefficient (Wildman–Crippen LogP) is 0.691. The average molecular weight is 266 g/mol. The lowest BCUT2D eigenvalue weighted by Crippen LogP contribution is -2.30. The van der Waals surface area contributed by atoms with Crippen LogP contribution in [0.4, 0.5) is 11.4 Å². The Kier molecular flexibility index (Phi) is 4.82. The number of nitrogens with zero attached hydrogens (tertiary/aromatic N) is 3. The lowest BCUT2D eigenvalue weighted by Gasteiger charge is -2.23. The summed E-state index contributed by atoms with van der Waals surface area (Å²) in [6, 6.07) is 4.13. The van der Waals surface area contributed by atoms with Crippen LogP contribution < -0.4 is 10.6 Å². The van der Waals surface area contributed by atoms with Crippen LogP contribution in [-0.4, -0.2) is 50.0 Å². The highest BCUT2D eigenvalue weighted by molar-refractivity contribution is 5.99. The van der Waals surface area contributed by atoms with E-state index in [1.54, 1.807) is 6.07 Å². The number of benzene rings is 1. The molecule has 7 nitrogen and oxygen atoms in total. The summed E-state index contributed by atoms with van der Waals surface area (Å²) in [6.45, 7) is 1.48. The van der Waals surface area contributed by atoms with Gasteiger partial charge in [0.1, 0.15) is 0 Å². The van der Waals surface area contributed by atoms with Crippen molar-refractivity contribution in [3.05, 3.63) is 33.9 Å². The quantitative estimate of drug-likeness (QED) is 0.604. The summed E-state index contributed by atoms with van der Waals surface area (Å²) in [5.41, 5.74) is 5.90. The van der Waals surface area contributed by atoms with Gasteiger partial charge in [-0.05, 0) is 20.2 Å². The van der Waals surface area contributed by atoms with Gasteiger partial charge in [0.2, 0.25) is 0 Å². The van der Waals surface area contributed by atoms with Crippen LogP contribution in [0.3, 0.4) is 0 Å². The summed E-state index contributed by atoms with van der Waals surface area (Å²) in [5, 5.41) is 10.7. The zero-order chi connectivity index (χ0) is 14.6. The molecule has 1 aromatic rings. The zero-order valence-corrected chi connectivity index (χ0v) is 11.3. The van der Waals surface area contributed by atoms with Gasteiger partial charge in [0.15, 0.2) is 0 Å². The van der Waals surface area contributed by atoms with Crippen LogP contribution in [0.2, 0.25) is 0 Å². The van der Waals surface area contributed by atoms with Crippen LogP contribution >= 0.6 is 0 Å². The summed E-state index contributed by atoms with van der Waals surface area (Å²) < 4.78 is 0. The summed E-state index contributed by atoms with van der Waals surface area (Å²) in [7, 11) is 5.70. The molecule has 104 valence electrons. The second-order valence-electron chi connectivity index (χ2n) is 4.55. The van der Waals surface area contributed by atoms with Crippen molar-refractivity contribution in [1.29, 1.82) is 0 Å². The topological polar surface area (TPSA) is 92.7 Å². The molecule has 0 radical (unpaired) electrons. The number of nitro benzene ring substituents is 1. The molecule has 0 heterocycles.